The summed E-state index contributed by atoms with van der Waals surface area (Å²) in [7, 11) is 1.86. The zero-order chi connectivity index (χ0) is 24.9. The van der Waals surface area contributed by atoms with E-state index in [4.69, 9.17) is 5.73 Å². The number of nitrogens with two attached hydrogens (primary N) is 1. The van der Waals surface area contributed by atoms with Crippen molar-refractivity contribution >= 4 is 39.3 Å². The summed E-state index contributed by atoms with van der Waals surface area (Å²) in [6.45, 7) is 9.04. The largest absolute Gasteiger partial charge is 0.365 e. The second-order valence-corrected chi connectivity index (χ2v) is 11.7. The minimum Gasteiger partial charge on any atom is -0.365 e. The second-order valence-electron chi connectivity index (χ2n) is 9.60. The second kappa shape index (κ2) is 8.89. The van der Waals surface area contributed by atoms with Gasteiger partial charge in [0.25, 0.3) is 11.8 Å². The number of hydrogen-bond donors (Lipinski definition) is 2. The van der Waals surface area contributed by atoms with Gasteiger partial charge in [-0.05, 0) is 51.8 Å². The lowest BCUT2D eigenvalue weighted by atomic mass is 10.0. The van der Waals surface area contributed by atoms with E-state index < -0.39 is 5.91 Å². The normalized spacial score (nSPS) is 15.8. The first-order valence-corrected chi connectivity index (χ1v) is 13.2. The van der Waals surface area contributed by atoms with Crippen LogP contribution in [0.4, 0.5) is 0 Å². The zero-order valence-corrected chi connectivity index (χ0v) is 21.9. The molecule has 4 aromatic rings. The number of likely N-dealkylation sites (tertiary alicyclic amines) is 1. The van der Waals surface area contributed by atoms with Crippen molar-refractivity contribution in [1.82, 2.24) is 29.6 Å². The van der Waals surface area contributed by atoms with Crippen molar-refractivity contribution < 1.29 is 9.59 Å². The Balaban J connectivity index is 1.46. The van der Waals surface area contributed by atoms with Gasteiger partial charge >= 0.3 is 0 Å². The molecule has 4 aromatic heterocycles. The van der Waals surface area contributed by atoms with Gasteiger partial charge in [0.1, 0.15) is 10.5 Å². The van der Waals surface area contributed by atoms with E-state index >= 15 is 0 Å². The number of nitrogens with one attached hydrogen (secondary N) is 1. The molecule has 5 heterocycles. The Morgan fingerprint density at radius 2 is 2.00 bits per heavy atom. The predicted octanol–water partition coefficient (Wildman–Crippen LogP) is 3.54. The number of thiazole rings is 1. The van der Waals surface area contributed by atoms with E-state index in [0.717, 1.165) is 39.7 Å². The Hall–Kier alpha value is -3.02. The molecule has 1 aliphatic heterocycles. The molecule has 0 aromatic carbocycles. The minimum absolute atomic E-state index is 0.0750. The van der Waals surface area contributed by atoms with Gasteiger partial charge in [-0.15, -0.1) is 22.7 Å². The molecule has 0 bridgehead atoms. The lowest BCUT2D eigenvalue weighted by Crippen LogP contribution is -2.42. The van der Waals surface area contributed by atoms with E-state index in [2.05, 4.69) is 34.3 Å². The van der Waals surface area contributed by atoms with Crippen LogP contribution in [0.5, 0.6) is 0 Å². The Labute approximate surface area is 211 Å². The van der Waals surface area contributed by atoms with Crippen molar-refractivity contribution in [2.24, 2.45) is 12.8 Å². The third-order valence-corrected chi connectivity index (χ3v) is 9.14. The van der Waals surface area contributed by atoms with Crippen molar-refractivity contribution in [2.45, 2.75) is 39.2 Å². The highest BCUT2D eigenvalue weighted by molar-refractivity contribution is 7.22. The van der Waals surface area contributed by atoms with Gasteiger partial charge in [-0.3, -0.25) is 19.2 Å². The fourth-order valence-electron chi connectivity index (χ4n) is 4.74. The Morgan fingerprint density at radius 3 is 2.66 bits per heavy atom. The maximum atomic E-state index is 13.0. The SMILES string of the molecule is Cc1cc(C(=O)NCCN2CCCC2(C)C)sc1-c1c(-c2cnn(C)c2)sc2c(C(N)=O)cnn12. The van der Waals surface area contributed by atoms with Crippen molar-refractivity contribution in [3.8, 4) is 21.0 Å². The number of aryl methyl sites for hydroxylation is 2. The highest BCUT2D eigenvalue weighted by Crippen LogP contribution is 2.44. The zero-order valence-electron chi connectivity index (χ0n) is 20.3. The van der Waals surface area contributed by atoms with Crippen molar-refractivity contribution in [3.05, 3.63) is 40.7 Å². The van der Waals surface area contributed by atoms with Crippen LogP contribution in [0, 0.1) is 6.92 Å². The van der Waals surface area contributed by atoms with Crippen LogP contribution in [0.25, 0.3) is 25.8 Å². The lowest BCUT2D eigenvalue weighted by molar-refractivity contribution is 0.0943. The van der Waals surface area contributed by atoms with E-state index in [9.17, 15) is 9.59 Å². The fraction of sp³-hybridized carbons (Fsp3) is 0.417. The number of nitrogens with zero attached hydrogens (tertiary/aromatic N) is 5. The molecular weight excluding hydrogens is 482 g/mol. The van der Waals surface area contributed by atoms with Gasteiger partial charge in [-0.25, -0.2) is 4.52 Å². The minimum atomic E-state index is -0.519. The molecule has 0 aliphatic carbocycles. The van der Waals surface area contributed by atoms with E-state index in [1.165, 1.54) is 41.7 Å². The molecule has 1 fully saturated rings. The summed E-state index contributed by atoms with van der Waals surface area (Å²) in [5, 5.41) is 11.9. The number of primary amides is 1. The van der Waals surface area contributed by atoms with Crippen LogP contribution in [-0.2, 0) is 7.05 Å². The Morgan fingerprint density at radius 1 is 1.20 bits per heavy atom. The van der Waals surface area contributed by atoms with Gasteiger partial charge in [0, 0.05) is 37.4 Å². The summed E-state index contributed by atoms with van der Waals surface area (Å²) in [6.07, 6.45) is 7.60. The Kier molecular flexibility index (Phi) is 6.02. The third kappa shape index (κ3) is 4.28. The molecule has 0 radical (unpaired) electrons. The molecule has 0 atom stereocenters. The number of thiophene rings is 1. The van der Waals surface area contributed by atoms with Crippen LogP contribution in [-0.4, -0.2) is 61.3 Å². The van der Waals surface area contributed by atoms with E-state index in [1.807, 2.05) is 26.2 Å². The van der Waals surface area contributed by atoms with Crippen molar-refractivity contribution in [3.63, 3.8) is 0 Å². The number of fused-ring (bicyclic) bond motifs is 1. The highest BCUT2D eigenvalue weighted by Gasteiger charge is 2.31. The number of hydrogen-bond acceptors (Lipinski definition) is 7. The molecule has 11 heteroatoms. The fourth-order valence-corrected chi connectivity index (χ4v) is 7.12. The maximum Gasteiger partial charge on any atom is 0.261 e. The van der Waals surface area contributed by atoms with Crippen LogP contribution in [0.2, 0.25) is 0 Å². The summed E-state index contributed by atoms with van der Waals surface area (Å²) in [5.41, 5.74) is 8.89. The quantitative estimate of drug-likeness (QED) is 0.394. The Bertz CT molecular complexity index is 1420. The molecule has 0 spiro atoms. The highest BCUT2D eigenvalue weighted by atomic mass is 32.1. The summed E-state index contributed by atoms with van der Waals surface area (Å²) in [6, 6.07) is 1.92. The summed E-state index contributed by atoms with van der Waals surface area (Å²) in [4.78, 5) is 30.6. The van der Waals surface area contributed by atoms with E-state index in [1.54, 1.807) is 15.4 Å². The number of carbonyl (C=O) groups is 2. The molecule has 0 saturated carbocycles. The van der Waals surface area contributed by atoms with Gasteiger partial charge in [0.15, 0.2) is 0 Å². The van der Waals surface area contributed by atoms with Crippen LogP contribution >= 0.6 is 22.7 Å². The monoisotopic (exact) mass is 511 g/mol. The average molecular weight is 512 g/mol. The molecule has 5 rings (SSSR count). The predicted molar refractivity (Wildman–Crippen MR) is 139 cm³/mol. The molecule has 0 unspecified atom stereocenters. The molecule has 1 saturated heterocycles. The van der Waals surface area contributed by atoms with Crippen LogP contribution in [0.15, 0.2) is 24.7 Å². The molecule has 9 nitrogen and oxygen atoms in total. The molecule has 35 heavy (non-hydrogen) atoms. The van der Waals surface area contributed by atoms with Crippen LogP contribution in [0.3, 0.4) is 0 Å². The number of rotatable bonds is 7. The first-order valence-electron chi connectivity index (χ1n) is 11.6. The summed E-state index contributed by atoms with van der Waals surface area (Å²) in [5.74, 6) is -0.594. The standard InChI is InChI=1S/C24H29N7O2S2/c1-14-10-17(22(33)26-7-9-30-8-5-6-24(30,2)3)34-19(14)18-20(15-11-27-29(4)13-15)35-23-16(21(25)32)12-28-31(18)23/h10-13H,5-9H2,1-4H3,(H2,25,32)(H,26,33). The van der Waals surface area contributed by atoms with Gasteiger partial charge in [-0.1, -0.05) is 0 Å². The first-order chi connectivity index (χ1) is 16.7. The first kappa shape index (κ1) is 23.7. The molecule has 2 amide bonds. The van der Waals surface area contributed by atoms with Crippen LogP contribution < -0.4 is 11.1 Å². The third-order valence-electron chi connectivity index (χ3n) is 6.68. The van der Waals surface area contributed by atoms with Gasteiger partial charge in [0.05, 0.1) is 32.6 Å². The van der Waals surface area contributed by atoms with E-state index in [-0.39, 0.29) is 11.4 Å². The lowest BCUT2D eigenvalue weighted by Gasteiger charge is -2.31. The molecule has 184 valence electrons. The average Bonchev–Trinajstić information content (AvgIpc) is 3.58. The number of amides is 2. The molecule has 1 aliphatic rings. The smallest absolute Gasteiger partial charge is 0.261 e. The molecular formula is C24H29N7O2S2. The van der Waals surface area contributed by atoms with Crippen LogP contribution in [0.1, 0.15) is 52.3 Å². The topological polar surface area (TPSA) is 111 Å². The summed E-state index contributed by atoms with van der Waals surface area (Å²) >= 11 is 2.88. The number of aromatic nitrogens is 4. The maximum absolute atomic E-state index is 13.0. The number of carbonyl (C=O) groups excluding carboxylic acids is 2. The van der Waals surface area contributed by atoms with Gasteiger partial charge in [0.2, 0.25) is 0 Å². The van der Waals surface area contributed by atoms with Gasteiger partial charge in [-0.2, -0.15) is 10.2 Å². The van der Waals surface area contributed by atoms with Gasteiger partial charge < -0.3 is 11.1 Å². The summed E-state index contributed by atoms with van der Waals surface area (Å²) < 4.78 is 3.49. The molecule has 3 N–H and O–H groups in total. The van der Waals surface area contributed by atoms with Crippen molar-refractivity contribution in [2.75, 3.05) is 19.6 Å². The van der Waals surface area contributed by atoms with E-state index in [0.29, 0.717) is 21.8 Å². The van der Waals surface area contributed by atoms with Crippen molar-refractivity contribution in [1.29, 1.82) is 0 Å².